The molecule has 0 amide bonds. The van der Waals surface area contributed by atoms with E-state index in [1.54, 1.807) is 0 Å². The minimum Gasteiger partial charge on any atom is -0.0654 e. The predicted molar refractivity (Wildman–Crippen MR) is 264 cm³/mol. The van der Waals surface area contributed by atoms with Gasteiger partial charge in [0, 0.05) is 0 Å². The molecule has 0 atom stereocenters. The van der Waals surface area contributed by atoms with E-state index in [9.17, 15) is 0 Å². The summed E-state index contributed by atoms with van der Waals surface area (Å²) in [7, 11) is 0. The van der Waals surface area contributed by atoms with Gasteiger partial charge in [0.15, 0.2) is 0 Å². The van der Waals surface area contributed by atoms with E-state index in [4.69, 9.17) is 0 Å². The van der Waals surface area contributed by atoms with Gasteiger partial charge in [-0.1, -0.05) is 150 Å². The molecular weight excluding hydrogens is 721 g/mol. The molecule has 0 heterocycles. The van der Waals surface area contributed by atoms with E-state index in [0.717, 1.165) is 25.7 Å². The molecule has 9 aromatic rings. The van der Waals surface area contributed by atoms with Crippen molar-refractivity contribution >= 4 is 43.1 Å². The van der Waals surface area contributed by atoms with Crippen LogP contribution in [0.5, 0.6) is 0 Å². The topological polar surface area (TPSA) is 0 Å². The third kappa shape index (κ3) is 8.10. The van der Waals surface area contributed by atoms with Crippen molar-refractivity contribution in [2.24, 2.45) is 0 Å². The van der Waals surface area contributed by atoms with Crippen LogP contribution in [0.15, 0.2) is 146 Å². The molecular formula is C60H60. The fourth-order valence-electron chi connectivity index (χ4n) is 9.53. The number of hydrogen-bond donors (Lipinski definition) is 0. The molecule has 0 aliphatic rings. The summed E-state index contributed by atoms with van der Waals surface area (Å²) in [5.41, 5.74) is 15.9. The van der Waals surface area contributed by atoms with E-state index in [1.165, 1.54) is 161 Å². The van der Waals surface area contributed by atoms with Crippen molar-refractivity contribution in [3.8, 4) is 44.5 Å². The number of unbranched alkanes of at least 4 members (excludes halogenated alkanes) is 4. The fraction of sp³-hybridized carbons (Fsp3) is 0.267. The molecule has 0 saturated heterocycles. The van der Waals surface area contributed by atoms with Gasteiger partial charge in [0.05, 0.1) is 0 Å². The first kappa shape index (κ1) is 39.7. The molecule has 9 rings (SSSR count). The Hall–Kier alpha value is -5.72. The van der Waals surface area contributed by atoms with Gasteiger partial charge in [-0.25, -0.2) is 0 Å². The maximum atomic E-state index is 2.49. The molecule has 0 saturated carbocycles. The van der Waals surface area contributed by atoms with Crippen molar-refractivity contribution in [2.45, 2.75) is 105 Å². The zero-order valence-electron chi connectivity index (χ0n) is 36.3. The zero-order valence-corrected chi connectivity index (χ0v) is 36.3. The lowest BCUT2D eigenvalue weighted by Crippen LogP contribution is -1.93. The van der Waals surface area contributed by atoms with Crippen LogP contribution in [-0.2, 0) is 25.7 Å². The zero-order chi connectivity index (χ0) is 41.0. The molecule has 0 fully saturated rings. The second kappa shape index (κ2) is 17.9. The van der Waals surface area contributed by atoms with E-state index < -0.39 is 0 Å². The van der Waals surface area contributed by atoms with Crippen molar-refractivity contribution in [3.63, 3.8) is 0 Å². The largest absolute Gasteiger partial charge is 0.0654 e. The van der Waals surface area contributed by atoms with Crippen molar-refractivity contribution in [3.05, 3.63) is 168 Å². The fourth-order valence-corrected chi connectivity index (χ4v) is 9.53. The van der Waals surface area contributed by atoms with Crippen molar-refractivity contribution in [1.82, 2.24) is 0 Å². The molecule has 0 aliphatic heterocycles. The summed E-state index contributed by atoms with van der Waals surface area (Å²) in [5.74, 6) is 0. The first-order valence-corrected chi connectivity index (χ1v) is 23.1. The first-order chi connectivity index (χ1) is 29.5. The molecule has 0 heteroatoms. The Morgan fingerprint density at radius 1 is 0.250 bits per heavy atom. The number of fused-ring (bicyclic) bond motifs is 2. The van der Waals surface area contributed by atoms with Crippen LogP contribution in [0, 0.1) is 0 Å². The Balaban J connectivity index is 1.31. The van der Waals surface area contributed by atoms with Crippen LogP contribution >= 0.6 is 0 Å². The summed E-state index contributed by atoms with van der Waals surface area (Å²) in [6, 6.07) is 57.4. The molecule has 9 aromatic carbocycles. The average Bonchev–Trinajstić information content (AvgIpc) is 3.30. The highest BCUT2D eigenvalue weighted by atomic mass is 14.2. The predicted octanol–water partition coefficient (Wildman–Crippen LogP) is 17.8. The monoisotopic (exact) mass is 780 g/mol. The summed E-state index contributed by atoms with van der Waals surface area (Å²) in [5, 5.41) is 10.7. The van der Waals surface area contributed by atoms with Gasteiger partial charge in [-0.3, -0.25) is 0 Å². The molecule has 0 radical (unpaired) electrons. The summed E-state index contributed by atoms with van der Waals surface area (Å²) in [6.07, 6.45) is 14.3. The van der Waals surface area contributed by atoms with Crippen LogP contribution in [0.2, 0.25) is 0 Å². The molecule has 0 bridgehead atoms. The van der Waals surface area contributed by atoms with Gasteiger partial charge in [0.2, 0.25) is 0 Å². The van der Waals surface area contributed by atoms with E-state index in [0.29, 0.717) is 0 Å². The summed E-state index contributed by atoms with van der Waals surface area (Å²) in [4.78, 5) is 0. The Morgan fingerprint density at radius 2 is 0.467 bits per heavy atom. The Kier molecular flexibility index (Phi) is 11.8. The van der Waals surface area contributed by atoms with Crippen LogP contribution in [0.3, 0.4) is 0 Å². The van der Waals surface area contributed by atoms with Gasteiger partial charge < -0.3 is 0 Å². The summed E-state index contributed by atoms with van der Waals surface area (Å²) < 4.78 is 0. The minimum absolute atomic E-state index is 1.13. The van der Waals surface area contributed by atoms with E-state index in [2.05, 4.69) is 173 Å². The highest BCUT2D eigenvalue weighted by Crippen LogP contribution is 2.47. The van der Waals surface area contributed by atoms with Gasteiger partial charge in [-0.15, -0.1) is 0 Å². The Morgan fingerprint density at radius 3 is 0.667 bits per heavy atom. The molecule has 0 aromatic heterocycles. The first-order valence-electron chi connectivity index (χ1n) is 23.1. The molecule has 0 aliphatic carbocycles. The maximum Gasteiger partial charge on any atom is -0.00255 e. The third-order valence-corrected chi connectivity index (χ3v) is 13.1. The van der Waals surface area contributed by atoms with Gasteiger partial charge in [-0.2, -0.15) is 0 Å². The lowest BCUT2D eigenvalue weighted by Gasteiger charge is -2.20. The molecule has 0 spiro atoms. The Labute approximate surface area is 358 Å². The number of aryl methyl sites for hydroxylation is 4. The highest BCUT2D eigenvalue weighted by Gasteiger charge is 2.19. The average molecular weight is 781 g/mol. The quantitative estimate of drug-likeness (QED) is 0.0677. The van der Waals surface area contributed by atoms with Crippen LogP contribution in [0.25, 0.3) is 87.6 Å². The molecule has 0 unspecified atom stereocenters. The SMILES string of the molecule is CCCCc1ccc(-c2cc3cc(-c4ccc(CCCC)cc4)cc4c5cc(-c6ccc(CCCC)cc6)cc6cc(-c7ccc(CCCC)cc7)cc(c(c2)c34)c65)cc1. The number of hydrogen-bond acceptors (Lipinski definition) is 0. The molecule has 0 N–H and O–H groups in total. The maximum absolute atomic E-state index is 2.49. The van der Waals surface area contributed by atoms with Crippen molar-refractivity contribution in [2.75, 3.05) is 0 Å². The standard InChI is InChI=1S/C60H60/c1-5-9-13-41-17-25-45(26-18-41)49-33-53-34-50(46-27-19-42(20-28-46)14-10-6-2)39-57-58-40-52(48-31-23-44(24-32-48)16-12-8-4)36-54-35-51(38-56(60(54)58)55(37-49)59(53)57)47-29-21-43(22-30-47)15-11-7-3/h17-40H,5-16H2,1-4H3. The summed E-state index contributed by atoms with van der Waals surface area (Å²) >= 11 is 0. The third-order valence-electron chi connectivity index (χ3n) is 13.1. The van der Waals surface area contributed by atoms with Gasteiger partial charge in [-0.05, 0) is 210 Å². The van der Waals surface area contributed by atoms with Crippen LogP contribution in [0.1, 0.15) is 101 Å². The molecule has 0 nitrogen and oxygen atoms in total. The van der Waals surface area contributed by atoms with Crippen LogP contribution in [-0.4, -0.2) is 0 Å². The summed E-state index contributed by atoms with van der Waals surface area (Å²) in [6.45, 7) is 9.10. The second-order valence-corrected chi connectivity index (χ2v) is 17.5. The van der Waals surface area contributed by atoms with Gasteiger partial charge >= 0.3 is 0 Å². The van der Waals surface area contributed by atoms with Crippen LogP contribution in [0.4, 0.5) is 0 Å². The van der Waals surface area contributed by atoms with E-state index in [1.807, 2.05) is 0 Å². The van der Waals surface area contributed by atoms with Crippen molar-refractivity contribution < 1.29 is 0 Å². The Bertz CT molecular complexity index is 2460. The van der Waals surface area contributed by atoms with Crippen LogP contribution < -0.4 is 0 Å². The normalized spacial score (nSPS) is 11.8. The van der Waals surface area contributed by atoms with E-state index in [-0.39, 0.29) is 0 Å². The van der Waals surface area contributed by atoms with Gasteiger partial charge in [0.25, 0.3) is 0 Å². The highest BCUT2D eigenvalue weighted by molar-refractivity contribution is 6.35. The number of rotatable bonds is 16. The lowest BCUT2D eigenvalue weighted by atomic mass is 9.83. The van der Waals surface area contributed by atoms with Crippen molar-refractivity contribution in [1.29, 1.82) is 0 Å². The number of benzene rings is 9. The lowest BCUT2D eigenvalue weighted by molar-refractivity contribution is 0.795. The molecule has 300 valence electrons. The molecule has 60 heavy (non-hydrogen) atoms. The minimum atomic E-state index is 1.13. The van der Waals surface area contributed by atoms with E-state index >= 15 is 0 Å². The second-order valence-electron chi connectivity index (χ2n) is 17.5. The smallest absolute Gasteiger partial charge is 0.00255 e. The van der Waals surface area contributed by atoms with Gasteiger partial charge in [0.1, 0.15) is 0 Å².